The average Bonchev–Trinajstić information content (AvgIpc) is 2.11. The fourth-order valence-electron chi connectivity index (χ4n) is 1.02. The highest BCUT2D eigenvalue weighted by atomic mass is 16.2. The third-order valence-electron chi connectivity index (χ3n) is 2.13. The molecule has 0 spiro atoms. The second kappa shape index (κ2) is 5.56. The Morgan fingerprint density at radius 3 is 2.38 bits per heavy atom. The van der Waals surface area contributed by atoms with Gasteiger partial charge in [0.15, 0.2) is 0 Å². The van der Waals surface area contributed by atoms with E-state index in [0.717, 1.165) is 6.42 Å². The maximum Gasteiger partial charge on any atom is 0.309 e. The molecule has 2 unspecified atom stereocenters. The minimum Gasteiger partial charge on any atom is -0.347 e. The fourth-order valence-corrected chi connectivity index (χ4v) is 1.02. The summed E-state index contributed by atoms with van der Waals surface area (Å²) < 4.78 is 0. The van der Waals surface area contributed by atoms with Crippen molar-refractivity contribution in [2.75, 3.05) is 14.1 Å². The molecule has 13 heavy (non-hydrogen) atoms. The Kier molecular flexibility index (Phi) is 5.11. The van der Waals surface area contributed by atoms with E-state index in [4.69, 9.17) is 0 Å². The first kappa shape index (κ1) is 11.9. The first-order valence-electron chi connectivity index (χ1n) is 4.38. The second-order valence-electron chi connectivity index (χ2n) is 3.34. The lowest BCUT2D eigenvalue weighted by atomic mass is 9.98. The number of rotatable bonds is 5. The topological polar surface area (TPSA) is 49.4 Å². The van der Waals surface area contributed by atoms with Gasteiger partial charge in [-0.1, -0.05) is 20.3 Å². The molecular formula is C9H17N2O2. The number of hydrogen-bond acceptors (Lipinski definition) is 2. The molecule has 0 fully saturated rings. The van der Waals surface area contributed by atoms with Gasteiger partial charge in [0.05, 0.1) is 0 Å². The van der Waals surface area contributed by atoms with Crippen LogP contribution in [0.5, 0.6) is 0 Å². The molecule has 1 radical (unpaired) electrons. The predicted molar refractivity (Wildman–Crippen MR) is 50.8 cm³/mol. The van der Waals surface area contributed by atoms with Crippen molar-refractivity contribution < 1.29 is 9.59 Å². The van der Waals surface area contributed by atoms with Gasteiger partial charge in [-0.05, 0) is 5.92 Å². The molecule has 0 aromatic heterocycles. The number of nitrogens with zero attached hydrogens (tertiary/aromatic N) is 1. The number of nitrogens with one attached hydrogen (secondary N) is 1. The van der Waals surface area contributed by atoms with Crippen LogP contribution in [0.2, 0.25) is 0 Å². The van der Waals surface area contributed by atoms with Gasteiger partial charge in [0.2, 0.25) is 5.91 Å². The van der Waals surface area contributed by atoms with Crippen LogP contribution in [0.25, 0.3) is 0 Å². The zero-order valence-electron chi connectivity index (χ0n) is 8.63. The van der Waals surface area contributed by atoms with Gasteiger partial charge in [0.25, 0.3) is 0 Å². The molecule has 0 aliphatic carbocycles. The van der Waals surface area contributed by atoms with E-state index in [0.29, 0.717) is 0 Å². The lowest BCUT2D eigenvalue weighted by Gasteiger charge is -2.23. The molecule has 2 amide bonds. The van der Waals surface area contributed by atoms with E-state index in [2.05, 4.69) is 5.32 Å². The Balaban J connectivity index is 4.39. The third-order valence-corrected chi connectivity index (χ3v) is 2.13. The van der Waals surface area contributed by atoms with E-state index in [1.165, 1.54) is 4.90 Å². The molecular weight excluding hydrogens is 168 g/mol. The second-order valence-corrected chi connectivity index (χ2v) is 3.34. The maximum atomic E-state index is 11.5. The van der Waals surface area contributed by atoms with Crippen molar-refractivity contribution in [2.24, 2.45) is 5.92 Å². The molecule has 0 aromatic rings. The van der Waals surface area contributed by atoms with Gasteiger partial charge in [0.1, 0.15) is 6.04 Å². The molecule has 0 aromatic carbocycles. The smallest absolute Gasteiger partial charge is 0.309 e. The summed E-state index contributed by atoms with van der Waals surface area (Å²) in [5, 5.41) is 2.42. The van der Waals surface area contributed by atoms with Crippen molar-refractivity contribution in [2.45, 2.75) is 26.3 Å². The minimum absolute atomic E-state index is 0.0855. The van der Waals surface area contributed by atoms with Crippen LogP contribution in [0.4, 0.5) is 0 Å². The molecule has 0 aliphatic heterocycles. The van der Waals surface area contributed by atoms with Gasteiger partial charge in [-0.2, -0.15) is 0 Å². The van der Waals surface area contributed by atoms with Crippen molar-refractivity contribution in [1.82, 2.24) is 10.2 Å². The molecule has 0 bridgehead atoms. The lowest BCUT2D eigenvalue weighted by Crippen LogP contribution is -2.46. The number of carbonyl (C=O) groups is 1. The van der Waals surface area contributed by atoms with Crippen LogP contribution < -0.4 is 5.32 Å². The molecule has 0 heterocycles. The molecule has 0 saturated heterocycles. The first-order chi connectivity index (χ1) is 6.04. The largest absolute Gasteiger partial charge is 0.347 e. The van der Waals surface area contributed by atoms with Gasteiger partial charge in [-0.3, -0.25) is 9.59 Å². The van der Waals surface area contributed by atoms with Crippen LogP contribution in [0.3, 0.4) is 0 Å². The van der Waals surface area contributed by atoms with Crippen molar-refractivity contribution in [1.29, 1.82) is 0 Å². The Hall–Kier alpha value is -1.06. The normalized spacial score (nSPS) is 14.5. The van der Waals surface area contributed by atoms with E-state index in [9.17, 15) is 9.59 Å². The zero-order chi connectivity index (χ0) is 10.4. The monoisotopic (exact) mass is 185 g/mol. The summed E-state index contributed by atoms with van der Waals surface area (Å²) in [6.45, 7) is 3.91. The van der Waals surface area contributed by atoms with Gasteiger partial charge in [0, 0.05) is 14.1 Å². The quantitative estimate of drug-likeness (QED) is 0.620. The van der Waals surface area contributed by atoms with Crippen LogP contribution in [-0.4, -0.2) is 37.4 Å². The van der Waals surface area contributed by atoms with Crippen LogP contribution in [0.15, 0.2) is 0 Å². The molecule has 2 atom stereocenters. The highest BCUT2D eigenvalue weighted by Crippen LogP contribution is 2.08. The number of amides is 2. The van der Waals surface area contributed by atoms with E-state index in [-0.39, 0.29) is 11.8 Å². The SMILES string of the molecule is CCC(C)C(N[C]=O)C(=O)N(C)C. The van der Waals surface area contributed by atoms with Crippen LogP contribution in [0.1, 0.15) is 20.3 Å². The Morgan fingerprint density at radius 1 is 1.54 bits per heavy atom. The van der Waals surface area contributed by atoms with Gasteiger partial charge in [-0.15, -0.1) is 0 Å². The van der Waals surface area contributed by atoms with Crippen molar-refractivity contribution in [3.8, 4) is 0 Å². The molecule has 75 valence electrons. The molecule has 0 saturated carbocycles. The molecule has 0 rings (SSSR count). The Labute approximate surface area is 79.3 Å². The minimum atomic E-state index is -0.447. The van der Waals surface area contributed by atoms with E-state index >= 15 is 0 Å². The molecule has 0 aliphatic rings. The van der Waals surface area contributed by atoms with E-state index < -0.39 is 6.04 Å². The predicted octanol–water partition coefficient (Wildman–Crippen LogP) is 0.146. The van der Waals surface area contributed by atoms with Crippen molar-refractivity contribution in [3.05, 3.63) is 0 Å². The standard InChI is InChI=1S/C9H17N2O2/c1-5-7(2)8(10-6-12)9(13)11(3)4/h7-8H,5H2,1-4H3,(H,10,12). The lowest BCUT2D eigenvalue weighted by molar-refractivity contribution is -0.131. The molecule has 4 nitrogen and oxygen atoms in total. The summed E-state index contributed by atoms with van der Waals surface area (Å²) >= 11 is 0. The molecule has 4 heteroatoms. The van der Waals surface area contributed by atoms with Crippen molar-refractivity contribution >= 4 is 12.3 Å². The van der Waals surface area contributed by atoms with Gasteiger partial charge < -0.3 is 10.2 Å². The number of carbonyl (C=O) groups excluding carboxylic acids is 2. The number of likely N-dealkylation sites (N-methyl/N-ethyl adjacent to an activating group) is 1. The van der Waals surface area contributed by atoms with E-state index in [1.54, 1.807) is 20.5 Å². The average molecular weight is 185 g/mol. The highest BCUT2D eigenvalue weighted by Gasteiger charge is 2.24. The van der Waals surface area contributed by atoms with Gasteiger partial charge in [-0.25, -0.2) is 0 Å². The van der Waals surface area contributed by atoms with E-state index in [1.807, 2.05) is 13.8 Å². The Morgan fingerprint density at radius 2 is 2.08 bits per heavy atom. The van der Waals surface area contributed by atoms with Crippen LogP contribution in [0, 0.1) is 5.92 Å². The third kappa shape index (κ3) is 3.44. The fraction of sp³-hybridized carbons (Fsp3) is 0.778. The summed E-state index contributed by atoms with van der Waals surface area (Å²) in [6.07, 6.45) is 2.42. The summed E-state index contributed by atoms with van der Waals surface area (Å²) in [5.41, 5.74) is 0. The summed E-state index contributed by atoms with van der Waals surface area (Å²) in [5.74, 6) is 0.0500. The maximum absolute atomic E-state index is 11.5. The summed E-state index contributed by atoms with van der Waals surface area (Å²) in [4.78, 5) is 23.1. The van der Waals surface area contributed by atoms with Crippen molar-refractivity contribution in [3.63, 3.8) is 0 Å². The van der Waals surface area contributed by atoms with Crippen LogP contribution in [-0.2, 0) is 9.59 Å². The van der Waals surface area contributed by atoms with Crippen LogP contribution >= 0.6 is 0 Å². The van der Waals surface area contributed by atoms with Gasteiger partial charge >= 0.3 is 6.41 Å². The highest BCUT2D eigenvalue weighted by molar-refractivity contribution is 5.83. The first-order valence-corrected chi connectivity index (χ1v) is 4.38. The number of hydrogen-bond donors (Lipinski definition) is 1. The molecule has 1 N–H and O–H groups in total. The summed E-state index contributed by atoms with van der Waals surface area (Å²) in [7, 11) is 3.34. The zero-order valence-corrected chi connectivity index (χ0v) is 8.63. The summed E-state index contributed by atoms with van der Waals surface area (Å²) in [6, 6.07) is -0.447. The Bertz CT molecular complexity index is 180.